The third kappa shape index (κ3) is 3.42. The van der Waals surface area contributed by atoms with Gasteiger partial charge in [-0.1, -0.05) is 24.8 Å². The molecule has 0 aromatic carbocycles. The molecule has 1 aliphatic carbocycles. The Bertz CT molecular complexity index is 311. The molecule has 5 heteroatoms. The summed E-state index contributed by atoms with van der Waals surface area (Å²) in [6, 6.07) is -0.497. The summed E-state index contributed by atoms with van der Waals surface area (Å²) in [5.41, 5.74) is 0. The van der Waals surface area contributed by atoms with Gasteiger partial charge in [-0.2, -0.15) is 0 Å². The van der Waals surface area contributed by atoms with Gasteiger partial charge in [0.05, 0.1) is 12.0 Å². The minimum absolute atomic E-state index is 0.111. The number of carbonyl (C=O) groups is 2. The standard InChI is InChI=1S/C11H15NO4/c1-2-7-16-11(15)12-9-6-4-3-5-8(9)10(13)14/h2,4,6,8-9H,1,3,5,7H2,(H,12,15)(H,13,14)/t8-,9+/m1/s1. The second-order valence-electron chi connectivity index (χ2n) is 3.51. The Balaban J connectivity index is 2.52. The van der Waals surface area contributed by atoms with Crippen LogP contribution in [-0.4, -0.2) is 29.8 Å². The molecule has 88 valence electrons. The average molecular weight is 225 g/mol. The van der Waals surface area contributed by atoms with E-state index < -0.39 is 24.0 Å². The maximum absolute atomic E-state index is 11.2. The molecule has 16 heavy (non-hydrogen) atoms. The third-order valence-corrected chi connectivity index (χ3v) is 2.36. The van der Waals surface area contributed by atoms with Crippen molar-refractivity contribution in [3.05, 3.63) is 24.8 Å². The fraction of sp³-hybridized carbons (Fsp3) is 0.455. The van der Waals surface area contributed by atoms with Crippen LogP contribution in [0.1, 0.15) is 12.8 Å². The van der Waals surface area contributed by atoms with Gasteiger partial charge in [-0.25, -0.2) is 4.79 Å². The lowest BCUT2D eigenvalue weighted by Gasteiger charge is -2.24. The number of hydrogen-bond acceptors (Lipinski definition) is 3. The fourth-order valence-electron chi connectivity index (χ4n) is 1.57. The van der Waals surface area contributed by atoms with Crippen LogP contribution >= 0.6 is 0 Å². The molecule has 2 N–H and O–H groups in total. The van der Waals surface area contributed by atoms with Crippen LogP contribution < -0.4 is 5.32 Å². The second kappa shape index (κ2) is 5.95. The van der Waals surface area contributed by atoms with E-state index in [0.29, 0.717) is 6.42 Å². The quantitative estimate of drug-likeness (QED) is 0.707. The molecule has 2 atom stereocenters. The SMILES string of the molecule is C=CCOC(=O)N[C@H]1C=CCC[C@H]1C(=O)O. The van der Waals surface area contributed by atoms with Crippen molar-refractivity contribution in [3.8, 4) is 0 Å². The summed E-state index contributed by atoms with van der Waals surface area (Å²) in [6.45, 7) is 3.52. The van der Waals surface area contributed by atoms with E-state index >= 15 is 0 Å². The molecule has 0 heterocycles. The maximum Gasteiger partial charge on any atom is 0.407 e. The molecule has 0 saturated carbocycles. The Kier molecular flexibility index (Phi) is 4.57. The Morgan fingerprint density at radius 3 is 3.00 bits per heavy atom. The highest BCUT2D eigenvalue weighted by molar-refractivity contribution is 5.74. The number of alkyl carbamates (subject to hydrolysis) is 1. The van der Waals surface area contributed by atoms with Gasteiger partial charge in [0.15, 0.2) is 0 Å². The normalized spacial score (nSPS) is 23.5. The number of nitrogens with one attached hydrogen (secondary N) is 1. The highest BCUT2D eigenvalue weighted by atomic mass is 16.5. The topological polar surface area (TPSA) is 75.6 Å². The van der Waals surface area contributed by atoms with Crippen LogP contribution in [-0.2, 0) is 9.53 Å². The molecular weight excluding hydrogens is 210 g/mol. The van der Waals surface area contributed by atoms with Gasteiger partial charge in [0.2, 0.25) is 0 Å². The summed E-state index contributed by atoms with van der Waals surface area (Å²) in [5, 5.41) is 11.5. The van der Waals surface area contributed by atoms with Crippen molar-refractivity contribution in [1.29, 1.82) is 0 Å². The van der Waals surface area contributed by atoms with E-state index in [2.05, 4.69) is 11.9 Å². The Morgan fingerprint density at radius 1 is 1.62 bits per heavy atom. The van der Waals surface area contributed by atoms with Crippen LogP contribution in [0.3, 0.4) is 0 Å². The fourth-order valence-corrected chi connectivity index (χ4v) is 1.57. The zero-order valence-electron chi connectivity index (χ0n) is 8.89. The molecule has 0 spiro atoms. The molecule has 0 aliphatic heterocycles. The average Bonchev–Trinajstić information content (AvgIpc) is 2.27. The first-order valence-electron chi connectivity index (χ1n) is 5.08. The summed E-state index contributed by atoms with van der Waals surface area (Å²) >= 11 is 0. The van der Waals surface area contributed by atoms with Gasteiger partial charge in [0.25, 0.3) is 0 Å². The van der Waals surface area contributed by atoms with Crippen molar-refractivity contribution >= 4 is 12.1 Å². The molecule has 0 saturated heterocycles. The lowest BCUT2D eigenvalue weighted by atomic mass is 9.90. The highest BCUT2D eigenvalue weighted by Gasteiger charge is 2.29. The molecule has 0 fully saturated rings. The minimum atomic E-state index is -0.904. The Hall–Kier alpha value is -1.78. The number of amides is 1. The summed E-state index contributed by atoms with van der Waals surface area (Å²) < 4.78 is 4.73. The molecule has 5 nitrogen and oxygen atoms in total. The van der Waals surface area contributed by atoms with Crippen molar-refractivity contribution < 1.29 is 19.4 Å². The predicted octanol–water partition coefficient (Wildman–Crippen LogP) is 1.32. The molecule has 0 radical (unpaired) electrons. The number of aliphatic carboxylic acids is 1. The van der Waals surface area contributed by atoms with E-state index in [4.69, 9.17) is 9.84 Å². The number of ether oxygens (including phenoxy) is 1. The smallest absolute Gasteiger partial charge is 0.407 e. The molecule has 1 aliphatic rings. The van der Waals surface area contributed by atoms with Crippen LogP contribution in [0, 0.1) is 5.92 Å². The number of carbonyl (C=O) groups excluding carboxylic acids is 1. The number of hydrogen-bond donors (Lipinski definition) is 2. The summed E-state index contributed by atoms with van der Waals surface area (Å²) in [7, 11) is 0. The van der Waals surface area contributed by atoms with E-state index in [0.717, 1.165) is 6.42 Å². The van der Waals surface area contributed by atoms with E-state index in [9.17, 15) is 9.59 Å². The largest absolute Gasteiger partial charge is 0.481 e. The first-order valence-corrected chi connectivity index (χ1v) is 5.08. The molecular formula is C11H15NO4. The second-order valence-corrected chi connectivity index (χ2v) is 3.51. The monoisotopic (exact) mass is 225 g/mol. The highest BCUT2D eigenvalue weighted by Crippen LogP contribution is 2.19. The predicted molar refractivity (Wildman–Crippen MR) is 58.0 cm³/mol. The Morgan fingerprint density at radius 2 is 2.38 bits per heavy atom. The lowest BCUT2D eigenvalue weighted by Crippen LogP contribution is -2.43. The van der Waals surface area contributed by atoms with Gasteiger partial charge in [-0.05, 0) is 12.8 Å². The number of carboxylic acids is 1. The van der Waals surface area contributed by atoms with Crippen LogP contribution in [0.5, 0.6) is 0 Å². The lowest BCUT2D eigenvalue weighted by molar-refractivity contribution is -0.142. The zero-order chi connectivity index (χ0) is 12.0. The minimum Gasteiger partial charge on any atom is -0.481 e. The van der Waals surface area contributed by atoms with Crippen LogP contribution in [0.2, 0.25) is 0 Å². The molecule has 0 unspecified atom stereocenters. The first-order chi connectivity index (χ1) is 7.65. The number of carboxylic acid groups (broad SMARTS) is 1. The summed E-state index contributed by atoms with van der Waals surface area (Å²) in [5.74, 6) is -1.49. The van der Waals surface area contributed by atoms with Crippen molar-refractivity contribution in [2.24, 2.45) is 5.92 Å². The zero-order valence-corrected chi connectivity index (χ0v) is 8.89. The van der Waals surface area contributed by atoms with E-state index in [1.54, 1.807) is 6.08 Å². The number of rotatable bonds is 4. The Labute approximate surface area is 93.8 Å². The first kappa shape index (κ1) is 12.3. The van der Waals surface area contributed by atoms with Gasteiger partial charge in [0.1, 0.15) is 6.61 Å². The molecule has 1 amide bonds. The molecule has 0 aromatic rings. The maximum atomic E-state index is 11.2. The van der Waals surface area contributed by atoms with Crippen molar-refractivity contribution in [1.82, 2.24) is 5.32 Å². The van der Waals surface area contributed by atoms with Crippen LogP contribution in [0.15, 0.2) is 24.8 Å². The van der Waals surface area contributed by atoms with Gasteiger partial charge < -0.3 is 15.2 Å². The van der Waals surface area contributed by atoms with Crippen LogP contribution in [0.4, 0.5) is 4.79 Å². The van der Waals surface area contributed by atoms with Crippen molar-refractivity contribution in [2.45, 2.75) is 18.9 Å². The molecule has 1 rings (SSSR count). The van der Waals surface area contributed by atoms with Crippen molar-refractivity contribution in [2.75, 3.05) is 6.61 Å². The van der Waals surface area contributed by atoms with E-state index in [1.165, 1.54) is 6.08 Å². The van der Waals surface area contributed by atoms with Gasteiger partial charge >= 0.3 is 12.1 Å². The molecule has 0 bridgehead atoms. The van der Waals surface area contributed by atoms with Gasteiger partial charge in [-0.3, -0.25) is 4.79 Å². The van der Waals surface area contributed by atoms with Crippen molar-refractivity contribution in [3.63, 3.8) is 0 Å². The van der Waals surface area contributed by atoms with Gasteiger partial charge in [-0.15, -0.1) is 0 Å². The summed E-state index contributed by atoms with van der Waals surface area (Å²) in [4.78, 5) is 22.1. The molecule has 0 aromatic heterocycles. The van der Waals surface area contributed by atoms with Crippen LogP contribution in [0.25, 0.3) is 0 Å². The van der Waals surface area contributed by atoms with Gasteiger partial charge in [0, 0.05) is 0 Å². The third-order valence-electron chi connectivity index (χ3n) is 2.36. The van der Waals surface area contributed by atoms with E-state index in [-0.39, 0.29) is 6.61 Å². The number of allylic oxidation sites excluding steroid dienone is 1. The van der Waals surface area contributed by atoms with E-state index in [1.807, 2.05) is 6.08 Å². The summed E-state index contributed by atoms with van der Waals surface area (Å²) in [6.07, 6.45) is 5.62.